The molecule has 0 amide bonds. The summed E-state index contributed by atoms with van der Waals surface area (Å²) < 4.78 is 30.2. The van der Waals surface area contributed by atoms with Gasteiger partial charge in [0, 0.05) is 30.5 Å². The van der Waals surface area contributed by atoms with Gasteiger partial charge in [-0.3, -0.25) is 4.79 Å². The van der Waals surface area contributed by atoms with Crippen molar-refractivity contribution in [1.29, 1.82) is 0 Å². The van der Waals surface area contributed by atoms with Crippen LogP contribution < -0.4 is 14.2 Å². The van der Waals surface area contributed by atoms with Crippen LogP contribution in [0.1, 0.15) is 69.5 Å². The molecule has 6 nitrogen and oxygen atoms in total. The lowest BCUT2D eigenvalue weighted by molar-refractivity contribution is 0.0901. The quantitative estimate of drug-likeness (QED) is 0.337. The zero-order valence-corrected chi connectivity index (χ0v) is 21.1. The summed E-state index contributed by atoms with van der Waals surface area (Å²) in [5, 5.41) is -1.24. The number of ketones is 1. The second-order valence-corrected chi connectivity index (χ2v) is 10.6. The van der Waals surface area contributed by atoms with E-state index in [1.54, 1.807) is 12.1 Å². The normalized spacial score (nSPS) is 15.5. The molecular weight excluding hydrogens is 439 g/mol. The molecule has 1 fully saturated rings. The Morgan fingerprint density at radius 1 is 0.788 bits per heavy atom. The first-order valence-corrected chi connectivity index (χ1v) is 12.4. The van der Waals surface area contributed by atoms with Gasteiger partial charge < -0.3 is 14.2 Å². The number of carbonyl (C=O) groups is 2. The lowest BCUT2D eigenvalue weighted by Gasteiger charge is -2.28. The van der Waals surface area contributed by atoms with Gasteiger partial charge in [0.05, 0.1) is 21.3 Å². The standard InChI is InChI=1S/C26H32O6P/c1-16-12-17(2)22(18(3)13-16)24(27)26(10-8-7-9-11-26)33(29)25(28)23-20(31-5)14-19(30-4)15-21(23)32-6/h12-15H,7-11H2,1-6H3/q+1. The first kappa shape index (κ1) is 24.9. The van der Waals surface area contributed by atoms with Gasteiger partial charge in [-0.2, -0.15) is 0 Å². The van der Waals surface area contributed by atoms with E-state index in [1.807, 2.05) is 32.9 Å². The fraction of sp³-hybridized carbons (Fsp3) is 0.462. The van der Waals surface area contributed by atoms with E-state index in [-0.39, 0.29) is 22.8 Å². The van der Waals surface area contributed by atoms with Gasteiger partial charge in [0.2, 0.25) is 10.9 Å². The topological polar surface area (TPSA) is 78.9 Å². The lowest BCUT2D eigenvalue weighted by atomic mass is 9.80. The minimum Gasteiger partial charge on any atom is -0.496 e. The van der Waals surface area contributed by atoms with Gasteiger partial charge in [-0.05, 0) is 44.7 Å². The average Bonchev–Trinajstić information content (AvgIpc) is 2.81. The van der Waals surface area contributed by atoms with Crippen LogP contribution in [0.5, 0.6) is 17.2 Å². The van der Waals surface area contributed by atoms with E-state index in [0.717, 1.165) is 36.0 Å². The molecule has 0 bridgehead atoms. The Bertz CT molecular complexity index is 1050. The zero-order valence-electron chi connectivity index (χ0n) is 20.2. The zero-order chi connectivity index (χ0) is 24.3. The Labute approximate surface area is 196 Å². The largest absolute Gasteiger partial charge is 0.496 e. The molecule has 7 heteroatoms. The molecule has 0 spiro atoms. The number of carbonyl (C=O) groups excluding carboxylic acids is 2. The van der Waals surface area contributed by atoms with Crippen molar-refractivity contribution in [2.45, 2.75) is 58.0 Å². The van der Waals surface area contributed by atoms with Crippen LogP contribution in [0, 0.1) is 20.8 Å². The van der Waals surface area contributed by atoms with Gasteiger partial charge >= 0.3 is 13.3 Å². The van der Waals surface area contributed by atoms with Gasteiger partial charge in [0.1, 0.15) is 17.2 Å². The predicted octanol–water partition coefficient (Wildman–Crippen LogP) is 6.19. The predicted molar refractivity (Wildman–Crippen MR) is 129 cm³/mol. The van der Waals surface area contributed by atoms with Gasteiger partial charge in [-0.1, -0.05) is 28.7 Å². The molecule has 3 rings (SSSR count). The van der Waals surface area contributed by atoms with Crippen molar-refractivity contribution in [1.82, 2.24) is 0 Å². The maximum absolute atomic E-state index is 14.1. The van der Waals surface area contributed by atoms with E-state index in [4.69, 9.17) is 14.2 Å². The highest BCUT2D eigenvalue weighted by Crippen LogP contribution is 2.55. The highest BCUT2D eigenvalue weighted by molar-refractivity contribution is 7.67. The van der Waals surface area contributed by atoms with Crippen LogP contribution >= 0.6 is 7.80 Å². The molecule has 1 aliphatic rings. The summed E-state index contributed by atoms with van der Waals surface area (Å²) in [5.41, 5.74) is 2.78. The maximum atomic E-state index is 14.1. The van der Waals surface area contributed by atoms with E-state index in [2.05, 4.69) is 0 Å². The minimum absolute atomic E-state index is 0.0806. The van der Waals surface area contributed by atoms with Gasteiger partial charge in [0.25, 0.3) is 0 Å². The fourth-order valence-electron chi connectivity index (χ4n) is 4.94. The molecule has 0 radical (unpaired) electrons. The molecule has 1 aliphatic carbocycles. The van der Waals surface area contributed by atoms with E-state index >= 15 is 0 Å². The first-order chi connectivity index (χ1) is 15.7. The molecule has 1 saturated carbocycles. The van der Waals surface area contributed by atoms with Crippen LogP contribution in [-0.2, 0) is 4.57 Å². The first-order valence-electron chi connectivity index (χ1n) is 11.1. The molecule has 1 atom stereocenters. The van der Waals surface area contributed by atoms with Crippen LogP contribution in [0.4, 0.5) is 0 Å². The van der Waals surface area contributed by atoms with E-state index < -0.39 is 18.5 Å². The number of hydrogen-bond donors (Lipinski definition) is 0. The van der Waals surface area contributed by atoms with Gasteiger partial charge in [0.15, 0.2) is 5.56 Å². The highest BCUT2D eigenvalue weighted by Gasteiger charge is 2.61. The van der Waals surface area contributed by atoms with Crippen molar-refractivity contribution < 1.29 is 28.4 Å². The number of methoxy groups -OCH3 is 3. The number of hydrogen-bond acceptors (Lipinski definition) is 6. The summed E-state index contributed by atoms with van der Waals surface area (Å²) in [4.78, 5) is 27.8. The van der Waals surface area contributed by atoms with E-state index in [0.29, 0.717) is 24.2 Å². The second-order valence-electron chi connectivity index (χ2n) is 8.70. The third-order valence-electron chi connectivity index (χ3n) is 6.51. The van der Waals surface area contributed by atoms with Crippen molar-refractivity contribution in [3.8, 4) is 17.2 Å². The monoisotopic (exact) mass is 471 g/mol. The Hall–Kier alpha value is -2.72. The van der Waals surface area contributed by atoms with Crippen molar-refractivity contribution in [3.05, 3.63) is 52.1 Å². The smallest absolute Gasteiger partial charge is 0.434 e. The SMILES string of the molecule is COc1cc(OC)c(C(=O)[P+](=O)C2(C(=O)c3c(C)cc(C)cc3C)CCCCC2)c(OC)c1. The highest BCUT2D eigenvalue weighted by atomic mass is 31.1. The summed E-state index contributed by atoms with van der Waals surface area (Å²) in [7, 11) is 1.74. The van der Waals surface area contributed by atoms with Crippen LogP contribution in [0.3, 0.4) is 0 Å². The van der Waals surface area contributed by atoms with Crippen LogP contribution in [0.2, 0.25) is 0 Å². The molecule has 33 heavy (non-hydrogen) atoms. The summed E-state index contributed by atoms with van der Waals surface area (Å²) in [6.07, 6.45) is 3.29. The van der Waals surface area contributed by atoms with Crippen LogP contribution in [0.15, 0.2) is 24.3 Å². The molecule has 176 valence electrons. The minimum atomic E-state index is -2.61. The molecule has 0 aromatic heterocycles. The number of ether oxygens (including phenoxy) is 3. The second kappa shape index (κ2) is 10.0. The molecule has 2 aromatic carbocycles. The van der Waals surface area contributed by atoms with Gasteiger partial charge in [-0.15, -0.1) is 0 Å². The summed E-state index contributed by atoms with van der Waals surface area (Å²) >= 11 is 0. The Morgan fingerprint density at radius 3 is 1.76 bits per heavy atom. The third kappa shape index (κ3) is 4.54. The van der Waals surface area contributed by atoms with Gasteiger partial charge in [-0.25, -0.2) is 4.79 Å². The number of Topliss-reactive ketones (excluding diaryl/α,β-unsaturated/α-hetero) is 1. The maximum Gasteiger partial charge on any atom is 0.434 e. The van der Waals surface area contributed by atoms with E-state index in [1.165, 1.54) is 21.3 Å². The number of rotatable bonds is 8. The van der Waals surface area contributed by atoms with Crippen molar-refractivity contribution in [3.63, 3.8) is 0 Å². The lowest BCUT2D eigenvalue weighted by Crippen LogP contribution is -2.39. The number of benzene rings is 2. The Morgan fingerprint density at radius 2 is 1.30 bits per heavy atom. The Balaban J connectivity index is 2.14. The molecular formula is C26H32O6P+. The average molecular weight is 472 g/mol. The van der Waals surface area contributed by atoms with Crippen LogP contribution in [-0.4, -0.2) is 37.8 Å². The summed E-state index contributed by atoms with van der Waals surface area (Å²) in [5.74, 6) is 0.671. The summed E-state index contributed by atoms with van der Waals surface area (Å²) in [6.45, 7) is 5.78. The summed E-state index contributed by atoms with van der Waals surface area (Å²) in [6, 6.07) is 7.04. The molecule has 0 heterocycles. The molecule has 1 unspecified atom stereocenters. The van der Waals surface area contributed by atoms with Crippen molar-refractivity contribution in [2.24, 2.45) is 0 Å². The Kier molecular flexibility index (Phi) is 7.58. The molecule has 0 N–H and O–H groups in total. The van der Waals surface area contributed by atoms with E-state index in [9.17, 15) is 14.2 Å². The fourth-order valence-corrected chi connectivity index (χ4v) is 6.77. The van der Waals surface area contributed by atoms with Crippen LogP contribution in [0.25, 0.3) is 0 Å². The third-order valence-corrected chi connectivity index (χ3v) is 8.53. The van der Waals surface area contributed by atoms with Crippen molar-refractivity contribution in [2.75, 3.05) is 21.3 Å². The molecule has 0 aliphatic heterocycles. The molecule has 0 saturated heterocycles. The van der Waals surface area contributed by atoms with Crippen molar-refractivity contribution >= 4 is 19.1 Å². The molecule has 2 aromatic rings. The number of aryl methyl sites for hydroxylation is 3.